The molecule has 3 aromatic rings. The Labute approximate surface area is 153 Å². The Morgan fingerprint density at radius 1 is 0.808 bits per heavy atom. The van der Waals surface area contributed by atoms with Crippen LogP contribution in [0.25, 0.3) is 10.9 Å². The summed E-state index contributed by atoms with van der Waals surface area (Å²) in [5, 5.41) is 0.985. The number of para-hydroxylation sites is 1. The quantitative estimate of drug-likeness (QED) is 0.721. The van der Waals surface area contributed by atoms with Crippen molar-refractivity contribution in [2.75, 3.05) is 50.2 Å². The van der Waals surface area contributed by atoms with Gasteiger partial charge in [0.2, 0.25) is 0 Å². The Morgan fingerprint density at radius 2 is 1.46 bits per heavy atom. The van der Waals surface area contributed by atoms with E-state index in [4.69, 9.17) is 9.47 Å². The monoisotopic (exact) mass is 350 g/mol. The third-order valence-electron chi connectivity index (χ3n) is 4.82. The van der Waals surface area contributed by atoms with Gasteiger partial charge in [-0.3, -0.25) is 0 Å². The standard InChI is InChI=1S/C20H22N4O2/c1-25-18-12-16-17(13-19(18)26-2)21-14-22-20(16)24-10-8-23(9-11-24)15-6-4-3-5-7-15/h3-7,12-14H,8-11H2,1-2H3. The molecule has 4 rings (SSSR count). The normalized spacial score (nSPS) is 14.5. The maximum Gasteiger partial charge on any atom is 0.162 e. The third kappa shape index (κ3) is 2.98. The first-order valence-corrected chi connectivity index (χ1v) is 8.72. The fraction of sp³-hybridized carbons (Fsp3) is 0.300. The van der Waals surface area contributed by atoms with Gasteiger partial charge in [-0.1, -0.05) is 18.2 Å². The molecule has 0 saturated carbocycles. The second-order valence-electron chi connectivity index (χ2n) is 6.23. The minimum absolute atomic E-state index is 0.679. The summed E-state index contributed by atoms with van der Waals surface area (Å²) in [6, 6.07) is 14.4. The number of anilines is 2. The number of methoxy groups -OCH3 is 2. The number of fused-ring (bicyclic) bond motifs is 1. The van der Waals surface area contributed by atoms with Crippen LogP contribution in [0, 0.1) is 0 Å². The van der Waals surface area contributed by atoms with E-state index >= 15 is 0 Å². The maximum atomic E-state index is 5.45. The van der Waals surface area contributed by atoms with E-state index in [0.717, 1.165) is 42.9 Å². The highest BCUT2D eigenvalue weighted by molar-refractivity contribution is 5.92. The molecule has 0 amide bonds. The molecule has 1 aromatic heterocycles. The Morgan fingerprint density at radius 3 is 2.15 bits per heavy atom. The van der Waals surface area contributed by atoms with E-state index in [-0.39, 0.29) is 0 Å². The Kier molecular flexibility index (Phi) is 4.48. The highest BCUT2D eigenvalue weighted by Gasteiger charge is 2.21. The molecule has 1 aliphatic rings. The third-order valence-corrected chi connectivity index (χ3v) is 4.82. The molecule has 134 valence electrons. The molecule has 6 nitrogen and oxygen atoms in total. The average Bonchev–Trinajstić information content (AvgIpc) is 2.73. The van der Waals surface area contributed by atoms with Crippen molar-refractivity contribution in [2.45, 2.75) is 0 Å². The summed E-state index contributed by atoms with van der Waals surface area (Å²) in [5.41, 5.74) is 2.13. The van der Waals surface area contributed by atoms with Crippen LogP contribution in [0.15, 0.2) is 48.8 Å². The van der Waals surface area contributed by atoms with Gasteiger partial charge in [-0.05, 0) is 18.2 Å². The predicted octanol–water partition coefficient (Wildman–Crippen LogP) is 2.97. The molecule has 26 heavy (non-hydrogen) atoms. The van der Waals surface area contributed by atoms with Crippen LogP contribution in [0.1, 0.15) is 0 Å². The lowest BCUT2D eigenvalue weighted by molar-refractivity contribution is 0.356. The summed E-state index contributed by atoms with van der Waals surface area (Å²) in [6.07, 6.45) is 1.62. The lowest BCUT2D eigenvalue weighted by atomic mass is 10.1. The van der Waals surface area contributed by atoms with E-state index in [9.17, 15) is 0 Å². The van der Waals surface area contributed by atoms with Crippen LogP contribution in [-0.4, -0.2) is 50.4 Å². The molecule has 0 radical (unpaired) electrons. The molecule has 2 aromatic carbocycles. The molecule has 0 unspecified atom stereocenters. The number of hydrogen-bond acceptors (Lipinski definition) is 6. The zero-order chi connectivity index (χ0) is 17.9. The molecule has 0 N–H and O–H groups in total. The Hall–Kier alpha value is -3.02. The second kappa shape index (κ2) is 7.07. The van der Waals surface area contributed by atoms with Gasteiger partial charge < -0.3 is 19.3 Å². The van der Waals surface area contributed by atoms with Crippen LogP contribution >= 0.6 is 0 Å². The van der Waals surface area contributed by atoms with Crippen molar-refractivity contribution >= 4 is 22.4 Å². The lowest BCUT2D eigenvalue weighted by Crippen LogP contribution is -2.46. The molecule has 2 heterocycles. The van der Waals surface area contributed by atoms with Gasteiger partial charge in [0, 0.05) is 43.3 Å². The summed E-state index contributed by atoms with van der Waals surface area (Å²) in [4.78, 5) is 13.7. The molecule has 1 fully saturated rings. The number of aromatic nitrogens is 2. The van der Waals surface area contributed by atoms with Crippen LogP contribution in [0.3, 0.4) is 0 Å². The van der Waals surface area contributed by atoms with Crippen molar-refractivity contribution in [3.8, 4) is 11.5 Å². The average molecular weight is 350 g/mol. The van der Waals surface area contributed by atoms with Gasteiger partial charge in [0.15, 0.2) is 11.5 Å². The first-order valence-electron chi connectivity index (χ1n) is 8.72. The van der Waals surface area contributed by atoms with Crippen molar-refractivity contribution in [3.63, 3.8) is 0 Å². The van der Waals surface area contributed by atoms with Gasteiger partial charge >= 0.3 is 0 Å². The van der Waals surface area contributed by atoms with E-state index in [2.05, 4.69) is 50.1 Å². The fourth-order valence-corrected chi connectivity index (χ4v) is 3.44. The van der Waals surface area contributed by atoms with Crippen molar-refractivity contribution in [3.05, 3.63) is 48.8 Å². The molecule has 6 heteroatoms. The summed E-state index contributed by atoms with van der Waals surface area (Å²) < 4.78 is 10.8. The van der Waals surface area contributed by atoms with Gasteiger partial charge in [0.05, 0.1) is 19.7 Å². The SMILES string of the molecule is COc1cc2ncnc(N3CCN(c4ccccc4)CC3)c2cc1OC. The van der Waals surface area contributed by atoms with Crippen LogP contribution in [0.4, 0.5) is 11.5 Å². The van der Waals surface area contributed by atoms with Gasteiger partial charge in [-0.15, -0.1) is 0 Å². The van der Waals surface area contributed by atoms with Gasteiger partial charge in [0.25, 0.3) is 0 Å². The molecular formula is C20H22N4O2. The number of rotatable bonds is 4. The van der Waals surface area contributed by atoms with Crippen molar-refractivity contribution < 1.29 is 9.47 Å². The van der Waals surface area contributed by atoms with Crippen molar-refractivity contribution in [1.29, 1.82) is 0 Å². The van der Waals surface area contributed by atoms with E-state index < -0.39 is 0 Å². The van der Waals surface area contributed by atoms with Gasteiger partial charge in [0.1, 0.15) is 12.1 Å². The first kappa shape index (κ1) is 16.4. The topological polar surface area (TPSA) is 50.7 Å². The minimum atomic E-state index is 0.679. The van der Waals surface area contributed by atoms with Crippen LogP contribution < -0.4 is 19.3 Å². The number of nitrogens with zero attached hydrogens (tertiary/aromatic N) is 4. The lowest BCUT2D eigenvalue weighted by Gasteiger charge is -2.37. The zero-order valence-electron chi connectivity index (χ0n) is 15.1. The summed E-state index contributed by atoms with van der Waals surface area (Å²) >= 11 is 0. The number of hydrogen-bond donors (Lipinski definition) is 0. The molecule has 0 aliphatic carbocycles. The van der Waals surface area contributed by atoms with E-state index in [1.807, 2.05) is 12.1 Å². The Balaban J connectivity index is 1.61. The van der Waals surface area contributed by atoms with Gasteiger partial charge in [-0.25, -0.2) is 9.97 Å². The predicted molar refractivity (Wildman–Crippen MR) is 104 cm³/mol. The summed E-state index contributed by atoms with van der Waals surface area (Å²) in [5.74, 6) is 2.32. The number of benzene rings is 2. The molecule has 0 bridgehead atoms. The molecular weight excluding hydrogens is 328 g/mol. The van der Waals surface area contributed by atoms with E-state index in [0.29, 0.717) is 11.5 Å². The van der Waals surface area contributed by atoms with Crippen molar-refractivity contribution in [1.82, 2.24) is 9.97 Å². The number of ether oxygens (including phenoxy) is 2. The van der Waals surface area contributed by atoms with Crippen LogP contribution in [0.2, 0.25) is 0 Å². The van der Waals surface area contributed by atoms with E-state index in [1.54, 1.807) is 20.5 Å². The zero-order valence-corrected chi connectivity index (χ0v) is 15.1. The first-order chi connectivity index (χ1) is 12.8. The second-order valence-corrected chi connectivity index (χ2v) is 6.23. The molecule has 0 spiro atoms. The Bertz CT molecular complexity index is 893. The fourth-order valence-electron chi connectivity index (χ4n) is 3.44. The smallest absolute Gasteiger partial charge is 0.162 e. The minimum Gasteiger partial charge on any atom is -0.493 e. The molecule has 0 atom stereocenters. The van der Waals surface area contributed by atoms with Crippen LogP contribution in [0.5, 0.6) is 11.5 Å². The summed E-state index contributed by atoms with van der Waals surface area (Å²) in [7, 11) is 3.28. The van der Waals surface area contributed by atoms with Gasteiger partial charge in [-0.2, -0.15) is 0 Å². The molecule has 1 aliphatic heterocycles. The van der Waals surface area contributed by atoms with Crippen molar-refractivity contribution in [2.24, 2.45) is 0 Å². The largest absolute Gasteiger partial charge is 0.493 e. The van der Waals surface area contributed by atoms with Crippen LogP contribution in [-0.2, 0) is 0 Å². The highest BCUT2D eigenvalue weighted by atomic mass is 16.5. The van der Waals surface area contributed by atoms with E-state index in [1.165, 1.54) is 5.69 Å². The summed E-state index contributed by atoms with van der Waals surface area (Å²) in [6.45, 7) is 3.75. The maximum absolute atomic E-state index is 5.45. The number of piperazine rings is 1. The highest BCUT2D eigenvalue weighted by Crippen LogP contribution is 2.35. The molecule has 1 saturated heterocycles.